The molecule has 0 bridgehead atoms. The maximum absolute atomic E-state index is 12.3. The summed E-state index contributed by atoms with van der Waals surface area (Å²) in [4.78, 5) is 17.6. The van der Waals surface area contributed by atoms with E-state index in [1.165, 1.54) is 22.0 Å². The molecule has 2 aromatic rings. The van der Waals surface area contributed by atoms with E-state index < -0.39 is 0 Å². The molecular weight excluding hydrogens is 276 g/mol. The summed E-state index contributed by atoms with van der Waals surface area (Å²) in [7, 11) is 0. The van der Waals surface area contributed by atoms with Gasteiger partial charge in [-0.2, -0.15) is 0 Å². The first-order valence-electron chi connectivity index (χ1n) is 8.13. The summed E-state index contributed by atoms with van der Waals surface area (Å²) in [6, 6.07) is 6.28. The number of aliphatic hydroxyl groups is 1. The van der Waals surface area contributed by atoms with Crippen molar-refractivity contribution in [2.75, 3.05) is 19.7 Å². The van der Waals surface area contributed by atoms with E-state index in [-0.39, 0.29) is 12.5 Å². The van der Waals surface area contributed by atoms with E-state index in [0.717, 1.165) is 32.4 Å². The van der Waals surface area contributed by atoms with Crippen LogP contribution in [-0.4, -0.2) is 40.6 Å². The lowest BCUT2D eigenvalue weighted by Crippen LogP contribution is -2.39. The molecule has 0 radical (unpaired) electrons. The fourth-order valence-electron chi connectivity index (χ4n) is 3.34. The average molecular weight is 300 g/mol. The number of hydrogen-bond acceptors (Lipinski definition) is 2. The van der Waals surface area contributed by atoms with Crippen LogP contribution in [0.2, 0.25) is 0 Å². The van der Waals surface area contributed by atoms with E-state index in [1.807, 2.05) is 11.1 Å². The maximum atomic E-state index is 12.3. The van der Waals surface area contributed by atoms with Crippen molar-refractivity contribution in [3.63, 3.8) is 0 Å². The molecule has 22 heavy (non-hydrogen) atoms. The van der Waals surface area contributed by atoms with Crippen molar-refractivity contribution in [1.82, 2.24) is 9.88 Å². The number of rotatable bonds is 4. The topological polar surface area (TPSA) is 56.3 Å². The highest BCUT2D eigenvalue weighted by Gasteiger charge is 2.22. The zero-order valence-electron chi connectivity index (χ0n) is 13.1. The number of piperidine rings is 1. The van der Waals surface area contributed by atoms with E-state index >= 15 is 0 Å². The van der Waals surface area contributed by atoms with Crippen LogP contribution in [0.5, 0.6) is 0 Å². The van der Waals surface area contributed by atoms with Gasteiger partial charge in [0.2, 0.25) is 5.91 Å². The number of aromatic amines is 1. The van der Waals surface area contributed by atoms with Crippen LogP contribution in [-0.2, 0) is 11.2 Å². The first kappa shape index (κ1) is 15.1. The highest BCUT2D eigenvalue weighted by molar-refractivity contribution is 5.86. The number of hydrogen-bond donors (Lipinski definition) is 2. The Kier molecular flexibility index (Phi) is 4.48. The number of nitrogens with zero attached hydrogens (tertiary/aromatic N) is 1. The summed E-state index contributed by atoms with van der Waals surface area (Å²) in [6.07, 6.45) is 5.22. The molecule has 3 rings (SSSR count). The van der Waals surface area contributed by atoms with Gasteiger partial charge in [-0.1, -0.05) is 18.2 Å². The number of aryl methyl sites for hydroxylation is 2. The van der Waals surface area contributed by atoms with Crippen LogP contribution in [0.15, 0.2) is 24.4 Å². The van der Waals surface area contributed by atoms with E-state index in [9.17, 15) is 4.79 Å². The molecule has 4 nitrogen and oxygen atoms in total. The van der Waals surface area contributed by atoms with Crippen LogP contribution in [0.3, 0.4) is 0 Å². The van der Waals surface area contributed by atoms with Gasteiger partial charge in [-0.05, 0) is 43.2 Å². The maximum Gasteiger partial charge on any atom is 0.222 e. The molecule has 0 spiro atoms. The Morgan fingerprint density at radius 3 is 2.86 bits per heavy atom. The summed E-state index contributed by atoms with van der Waals surface area (Å²) in [5.74, 6) is 0.610. The summed E-state index contributed by atoms with van der Waals surface area (Å²) < 4.78 is 0. The molecule has 0 aliphatic carbocycles. The smallest absolute Gasteiger partial charge is 0.222 e. The SMILES string of the molecule is Cc1cccc2c(CCC(=O)N3CCC(CO)CC3)c[nH]c12. The number of carbonyl (C=O) groups is 1. The Labute approximate surface area is 131 Å². The van der Waals surface area contributed by atoms with Crippen LogP contribution in [0, 0.1) is 12.8 Å². The van der Waals surface area contributed by atoms with Gasteiger partial charge in [0.15, 0.2) is 0 Å². The predicted octanol–water partition coefficient (Wildman–Crippen LogP) is 2.64. The Hall–Kier alpha value is -1.81. The summed E-state index contributed by atoms with van der Waals surface area (Å²) in [5, 5.41) is 10.4. The Morgan fingerprint density at radius 2 is 2.14 bits per heavy atom. The molecule has 118 valence electrons. The quantitative estimate of drug-likeness (QED) is 0.912. The molecule has 1 aromatic heterocycles. The van der Waals surface area contributed by atoms with Gasteiger partial charge in [0.1, 0.15) is 0 Å². The van der Waals surface area contributed by atoms with Gasteiger partial charge in [0, 0.05) is 43.2 Å². The van der Waals surface area contributed by atoms with Gasteiger partial charge >= 0.3 is 0 Å². The number of carbonyl (C=O) groups excluding carboxylic acids is 1. The number of H-pyrrole nitrogens is 1. The van der Waals surface area contributed by atoms with Gasteiger partial charge in [-0.3, -0.25) is 4.79 Å². The van der Waals surface area contributed by atoms with Crippen molar-refractivity contribution in [2.45, 2.75) is 32.6 Å². The molecule has 4 heteroatoms. The zero-order chi connectivity index (χ0) is 15.5. The van der Waals surface area contributed by atoms with Crippen LogP contribution in [0.25, 0.3) is 10.9 Å². The second kappa shape index (κ2) is 6.53. The largest absolute Gasteiger partial charge is 0.396 e. The van der Waals surface area contributed by atoms with E-state index in [4.69, 9.17) is 5.11 Å². The number of likely N-dealkylation sites (tertiary alicyclic amines) is 1. The lowest BCUT2D eigenvalue weighted by molar-refractivity contribution is -0.132. The summed E-state index contributed by atoms with van der Waals surface area (Å²) in [5.41, 5.74) is 3.63. The van der Waals surface area contributed by atoms with E-state index in [0.29, 0.717) is 12.3 Å². The van der Waals surface area contributed by atoms with E-state index in [1.54, 1.807) is 0 Å². The number of para-hydroxylation sites is 1. The number of aliphatic hydroxyl groups excluding tert-OH is 1. The van der Waals surface area contributed by atoms with E-state index in [2.05, 4.69) is 30.1 Å². The minimum Gasteiger partial charge on any atom is -0.396 e. The summed E-state index contributed by atoms with van der Waals surface area (Å²) in [6.45, 7) is 3.92. The monoisotopic (exact) mass is 300 g/mol. The van der Waals surface area contributed by atoms with Crippen LogP contribution < -0.4 is 0 Å². The standard InChI is InChI=1S/C18H24N2O2/c1-13-3-2-4-16-15(11-19-18(13)16)5-6-17(22)20-9-7-14(12-21)8-10-20/h2-4,11,14,19,21H,5-10,12H2,1H3. The number of amides is 1. The molecule has 1 aromatic carbocycles. The highest BCUT2D eigenvalue weighted by Crippen LogP contribution is 2.23. The molecule has 2 heterocycles. The van der Waals surface area contributed by atoms with Crippen LogP contribution >= 0.6 is 0 Å². The van der Waals surface area contributed by atoms with Gasteiger partial charge in [-0.25, -0.2) is 0 Å². The minimum absolute atomic E-state index is 0.235. The Morgan fingerprint density at radius 1 is 1.36 bits per heavy atom. The molecule has 0 saturated carbocycles. The molecule has 2 N–H and O–H groups in total. The van der Waals surface area contributed by atoms with Crippen molar-refractivity contribution in [3.8, 4) is 0 Å². The molecular formula is C18H24N2O2. The number of aromatic nitrogens is 1. The van der Waals surface area contributed by atoms with Crippen molar-refractivity contribution >= 4 is 16.8 Å². The van der Waals surface area contributed by atoms with Crippen molar-refractivity contribution in [1.29, 1.82) is 0 Å². The first-order chi connectivity index (χ1) is 10.7. The van der Waals surface area contributed by atoms with Gasteiger partial charge < -0.3 is 15.0 Å². The Balaban J connectivity index is 1.60. The lowest BCUT2D eigenvalue weighted by atomic mass is 9.97. The number of fused-ring (bicyclic) bond motifs is 1. The van der Waals surface area contributed by atoms with Crippen molar-refractivity contribution < 1.29 is 9.90 Å². The fourth-order valence-corrected chi connectivity index (χ4v) is 3.34. The second-order valence-corrected chi connectivity index (χ2v) is 6.32. The highest BCUT2D eigenvalue weighted by atomic mass is 16.3. The minimum atomic E-state index is 0.235. The molecule has 1 aliphatic heterocycles. The van der Waals surface area contributed by atoms with Crippen molar-refractivity contribution in [2.24, 2.45) is 5.92 Å². The van der Waals surface area contributed by atoms with Crippen LogP contribution in [0.4, 0.5) is 0 Å². The molecule has 1 amide bonds. The average Bonchev–Trinajstić information content (AvgIpc) is 2.97. The zero-order valence-corrected chi connectivity index (χ0v) is 13.1. The molecule has 0 unspecified atom stereocenters. The van der Waals surface area contributed by atoms with Gasteiger partial charge in [-0.15, -0.1) is 0 Å². The van der Waals surface area contributed by atoms with Gasteiger partial charge in [0.25, 0.3) is 0 Å². The Bertz CT molecular complexity index is 654. The predicted molar refractivity (Wildman–Crippen MR) is 87.7 cm³/mol. The fraction of sp³-hybridized carbons (Fsp3) is 0.500. The first-order valence-corrected chi connectivity index (χ1v) is 8.13. The third kappa shape index (κ3) is 3.02. The normalized spacial score (nSPS) is 16.4. The second-order valence-electron chi connectivity index (χ2n) is 6.32. The molecule has 0 atom stereocenters. The lowest BCUT2D eigenvalue weighted by Gasteiger charge is -2.31. The molecule has 1 saturated heterocycles. The van der Waals surface area contributed by atoms with Crippen LogP contribution in [0.1, 0.15) is 30.4 Å². The van der Waals surface area contributed by atoms with Crippen molar-refractivity contribution in [3.05, 3.63) is 35.5 Å². The summed E-state index contributed by atoms with van der Waals surface area (Å²) >= 11 is 0. The number of benzene rings is 1. The number of nitrogens with one attached hydrogen (secondary N) is 1. The molecule has 1 fully saturated rings. The van der Waals surface area contributed by atoms with Gasteiger partial charge in [0.05, 0.1) is 0 Å². The third-order valence-electron chi connectivity index (χ3n) is 4.84. The third-order valence-corrected chi connectivity index (χ3v) is 4.84. The molecule has 1 aliphatic rings.